The van der Waals surface area contributed by atoms with Crippen LogP contribution in [0, 0.1) is 5.82 Å². The number of anilines is 2. The molecule has 0 aliphatic heterocycles. The summed E-state index contributed by atoms with van der Waals surface area (Å²) in [6.45, 7) is 0. The number of benzene rings is 2. The molecule has 0 spiro atoms. The number of H-pyrrole nitrogens is 1. The first kappa shape index (κ1) is 18.4. The van der Waals surface area contributed by atoms with E-state index < -0.39 is 5.82 Å². The van der Waals surface area contributed by atoms with E-state index in [4.69, 9.17) is 27.9 Å². The van der Waals surface area contributed by atoms with Gasteiger partial charge in [-0.25, -0.2) is 4.39 Å². The van der Waals surface area contributed by atoms with E-state index in [2.05, 4.69) is 14.7 Å². The predicted octanol–water partition coefficient (Wildman–Crippen LogP) is 5.47. The molecule has 1 aromatic heterocycles. The highest BCUT2D eigenvalue weighted by Gasteiger charge is 2.12. The number of hydrogen-bond donors (Lipinski definition) is 2. The molecule has 3 rings (SSSR count). The van der Waals surface area contributed by atoms with Crippen molar-refractivity contribution in [3.63, 3.8) is 0 Å². The van der Waals surface area contributed by atoms with Crippen LogP contribution in [0.25, 0.3) is 0 Å². The maximum absolute atomic E-state index is 14.4. The molecule has 2 N–H and O–H groups in total. The van der Waals surface area contributed by atoms with Crippen molar-refractivity contribution in [1.82, 2.24) is 4.37 Å². The highest BCUT2D eigenvalue weighted by atomic mass is 35.5. The molecule has 2 aromatic carbocycles. The monoisotopic (exact) mass is 411 g/mol. The fourth-order valence-electron chi connectivity index (χ4n) is 2.12. The van der Waals surface area contributed by atoms with Gasteiger partial charge in [0.25, 0.3) is 5.56 Å². The van der Waals surface area contributed by atoms with E-state index in [1.54, 1.807) is 25.2 Å². The number of aromatic amines is 1. The molecule has 0 radical (unpaired) electrons. The molecule has 0 aliphatic carbocycles. The Morgan fingerprint density at radius 2 is 2.04 bits per heavy atom. The Bertz CT molecular complexity index is 1030. The number of nitrogens with one attached hydrogen (secondary N) is 2. The van der Waals surface area contributed by atoms with Crippen molar-refractivity contribution in [3.8, 4) is 11.5 Å². The van der Waals surface area contributed by atoms with Gasteiger partial charge in [-0.1, -0.05) is 23.2 Å². The zero-order chi connectivity index (χ0) is 18.7. The van der Waals surface area contributed by atoms with Crippen LogP contribution in [0.5, 0.6) is 11.5 Å². The minimum absolute atomic E-state index is 0.00248. The summed E-state index contributed by atoms with van der Waals surface area (Å²) in [5, 5.41) is 4.26. The molecule has 0 saturated heterocycles. The number of aromatic nitrogens is 1. The second-order valence-corrected chi connectivity index (χ2v) is 6.77. The third-order valence-corrected chi connectivity index (χ3v) is 4.66. The molecule has 0 aliphatic rings. The number of nitrogens with zero attached hydrogens (tertiary/aromatic N) is 1. The molecule has 0 unspecified atom stereocenters. The Morgan fingerprint density at radius 1 is 1.23 bits per heavy atom. The Morgan fingerprint density at radius 3 is 2.77 bits per heavy atom. The van der Waals surface area contributed by atoms with Crippen LogP contribution in [0.1, 0.15) is 5.56 Å². The first-order chi connectivity index (χ1) is 12.5. The molecule has 0 fully saturated rings. The summed E-state index contributed by atoms with van der Waals surface area (Å²) in [4.78, 5) is 15.5. The fraction of sp³-hybridized carbons (Fsp3) is 0.0588. The summed E-state index contributed by atoms with van der Waals surface area (Å²) in [6, 6.07) is 9.01. The van der Waals surface area contributed by atoms with E-state index in [0.717, 1.165) is 11.5 Å². The van der Waals surface area contributed by atoms with Gasteiger partial charge in [-0.15, -0.1) is 0 Å². The van der Waals surface area contributed by atoms with Gasteiger partial charge >= 0.3 is 0 Å². The molecule has 5 nitrogen and oxygen atoms in total. The minimum Gasteiger partial charge on any atom is -0.453 e. The SMILES string of the molecule is CN=Cc1c(Nc2ccc(Oc3cc(Cl)ccc3Cl)c(F)c2)s[nH]c1=O. The van der Waals surface area contributed by atoms with Crippen molar-refractivity contribution in [2.45, 2.75) is 0 Å². The summed E-state index contributed by atoms with van der Waals surface area (Å²) in [5.74, 6) is -0.346. The summed E-state index contributed by atoms with van der Waals surface area (Å²) < 4.78 is 22.5. The summed E-state index contributed by atoms with van der Waals surface area (Å²) in [7, 11) is 1.56. The van der Waals surface area contributed by atoms with Crippen molar-refractivity contribution in [1.29, 1.82) is 0 Å². The number of halogens is 3. The molecule has 134 valence electrons. The van der Waals surface area contributed by atoms with Crippen LogP contribution in [-0.2, 0) is 0 Å². The van der Waals surface area contributed by atoms with Gasteiger partial charge in [-0.2, -0.15) is 0 Å². The van der Waals surface area contributed by atoms with Crippen molar-refractivity contribution in [3.05, 3.63) is 68.2 Å². The number of aliphatic imine (C=N–C) groups is 1. The van der Waals surface area contributed by atoms with E-state index >= 15 is 0 Å². The van der Waals surface area contributed by atoms with E-state index in [1.807, 2.05) is 0 Å². The Kier molecular flexibility index (Phi) is 5.61. The van der Waals surface area contributed by atoms with Crippen LogP contribution in [0.15, 0.2) is 46.2 Å². The van der Waals surface area contributed by atoms with Gasteiger partial charge in [-0.3, -0.25) is 14.2 Å². The van der Waals surface area contributed by atoms with E-state index in [0.29, 0.717) is 26.3 Å². The lowest BCUT2D eigenvalue weighted by molar-refractivity contribution is 0.443. The molecule has 1 heterocycles. The average molecular weight is 412 g/mol. The maximum Gasteiger partial charge on any atom is 0.269 e. The summed E-state index contributed by atoms with van der Waals surface area (Å²) in [6.07, 6.45) is 1.44. The fourth-order valence-corrected chi connectivity index (χ4v) is 3.16. The first-order valence-electron chi connectivity index (χ1n) is 7.31. The highest BCUT2D eigenvalue weighted by Crippen LogP contribution is 2.34. The molecule has 3 aromatic rings. The Labute approximate surface area is 162 Å². The second-order valence-electron chi connectivity index (χ2n) is 5.11. The van der Waals surface area contributed by atoms with Crippen LogP contribution < -0.4 is 15.6 Å². The van der Waals surface area contributed by atoms with Crippen LogP contribution in [0.4, 0.5) is 15.1 Å². The lowest BCUT2D eigenvalue weighted by Crippen LogP contribution is -2.06. The summed E-state index contributed by atoms with van der Waals surface area (Å²) in [5.41, 5.74) is 0.566. The minimum atomic E-state index is -0.598. The summed E-state index contributed by atoms with van der Waals surface area (Å²) >= 11 is 13.0. The van der Waals surface area contributed by atoms with Gasteiger partial charge < -0.3 is 10.1 Å². The third kappa shape index (κ3) is 4.07. The Balaban J connectivity index is 1.84. The van der Waals surface area contributed by atoms with Crippen LogP contribution in [-0.4, -0.2) is 17.6 Å². The second kappa shape index (κ2) is 7.90. The topological polar surface area (TPSA) is 66.5 Å². The van der Waals surface area contributed by atoms with E-state index in [-0.39, 0.29) is 17.1 Å². The van der Waals surface area contributed by atoms with Crippen LogP contribution in [0.3, 0.4) is 0 Å². The molecular weight excluding hydrogens is 400 g/mol. The maximum atomic E-state index is 14.4. The van der Waals surface area contributed by atoms with Crippen molar-refractivity contribution >= 4 is 51.6 Å². The molecule has 26 heavy (non-hydrogen) atoms. The van der Waals surface area contributed by atoms with Crippen molar-refractivity contribution in [2.24, 2.45) is 4.99 Å². The lowest BCUT2D eigenvalue weighted by Gasteiger charge is -2.11. The Hall–Kier alpha value is -2.35. The van der Waals surface area contributed by atoms with Gasteiger partial charge in [0.15, 0.2) is 11.6 Å². The van der Waals surface area contributed by atoms with Gasteiger partial charge in [-0.05, 0) is 35.8 Å². The van der Waals surface area contributed by atoms with Gasteiger partial charge in [0.1, 0.15) is 10.8 Å². The average Bonchev–Trinajstić information content (AvgIpc) is 2.94. The molecule has 0 atom stereocenters. The van der Waals surface area contributed by atoms with Gasteiger partial charge in [0.2, 0.25) is 0 Å². The molecule has 9 heteroatoms. The highest BCUT2D eigenvalue weighted by molar-refractivity contribution is 7.10. The standard InChI is InChI=1S/C17H12Cl2FN3O2S/c1-21-8-11-16(24)23-26-17(11)22-10-3-5-14(13(20)7-10)25-15-6-9(18)2-4-12(15)19/h2-8,22H,1H3,(H,23,24). The lowest BCUT2D eigenvalue weighted by atomic mass is 10.2. The third-order valence-electron chi connectivity index (χ3n) is 3.30. The van der Waals surface area contributed by atoms with Gasteiger partial charge in [0.05, 0.1) is 10.6 Å². The first-order valence-corrected chi connectivity index (χ1v) is 8.88. The van der Waals surface area contributed by atoms with Crippen molar-refractivity contribution in [2.75, 3.05) is 12.4 Å². The van der Waals surface area contributed by atoms with E-state index in [9.17, 15) is 9.18 Å². The van der Waals surface area contributed by atoms with E-state index in [1.165, 1.54) is 24.4 Å². The number of ether oxygens (including phenoxy) is 1. The smallest absolute Gasteiger partial charge is 0.269 e. The number of hydrogen-bond acceptors (Lipinski definition) is 5. The normalized spacial score (nSPS) is 11.1. The van der Waals surface area contributed by atoms with Gasteiger partial charge in [0, 0.05) is 36.1 Å². The predicted molar refractivity (Wildman–Crippen MR) is 105 cm³/mol. The largest absolute Gasteiger partial charge is 0.453 e. The zero-order valence-corrected chi connectivity index (χ0v) is 15.7. The molecule has 0 bridgehead atoms. The van der Waals surface area contributed by atoms with Crippen molar-refractivity contribution < 1.29 is 9.13 Å². The zero-order valence-electron chi connectivity index (χ0n) is 13.3. The number of rotatable bonds is 5. The molecule has 0 amide bonds. The van der Waals surface area contributed by atoms with Crippen LogP contribution >= 0.6 is 34.7 Å². The van der Waals surface area contributed by atoms with Crippen LogP contribution in [0.2, 0.25) is 10.0 Å². The molecule has 0 saturated carbocycles. The quantitative estimate of drug-likeness (QED) is 0.547. The molecular formula is C17H12Cl2FN3O2S.